The molecule has 0 spiro atoms. The Labute approximate surface area is 295 Å². The lowest BCUT2D eigenvalue weighted by Gasteiger charge is -2.15. The lowest BCUT2D eigenvalue weighted by atomic mass is 10.0. The summed E-state index contributed by atoms with van der Waals surface area (Å²) in [6.07, 6.45) is 0.600. The number of ether oxygens (including phenoxy) is 6. The van der Waals surface area contributed by atoms with Gasteiger partial charge in [0.15, 0.2) is 52.5 Å². The Kier molecular flexibility index (Phi) is 9.91. The smallest absolute Gasteiger partial charge is 0.167 e. The zero-order chi connectivity index (χ0) is 35.2. The van der Waals surface area contributed by atoms with Gasteiger partial charge in [-0.2, -0.15) is 0 Å². The molecule has 51 heavy (non-hydrogen) atoms. The number of methoxy groups -OCH3 is 4. The summed E-state index contributed by atoms with van der Waals surface area (Å²) < 4.78 is 39.8. The van der Waals surface area contributed by atoms with E-state index >= 15 is 0 Å². The molecule has 0 N–H and O–H groups in total. The second kappa shape index (κ2) is 15.2. The maximum atomic E-state index is 6.12. The molecule has 2 aliphatic heterocycles. The van der Waals surface area contributed by atoms with Crippen molar-refractivity contribution in [3.8, 4) is 57.1 Å². The summed E-state index contributed by atoms with van der Waals surface area (Å²) in [4.78, 5) is 11.4. The minimum Gasteiger partial charge on any atom is -0.493 e. The molecular formula is C39H37N3O9. The van der Waals surface area contributed by atoms with Crippen molar-refractivity contribution in [3.05, 3.63) is 102 Å². The Morgan fingerprint density at radius 1 is 0.529 bits per heavy atom. The molecule has 262 valence electrons. The molecule has 12 heteroatoms. The fourth-order valence-corrected chi connectivity index (χ4v) is 5.82. The van der Waals surface area contributed by atoms with Crippen molar-refractivity contribution in [1.82, 2.24) is 5.16 Å². The number of hydrogen-bond acceptors (Lipinski definition) is 12. The van der Waals surface area contributed by atoms with Crippen LogP contribution in [-0.2, 0) is 9.68 Å². The molecule has 0 saturated heterocycles. The molecule has 2 unspecified atom stereocenters. The van der Waals surface area contributed by atoms with E-state index in [0.717, 1.165) is 33.7 Å². The monoisotopic (exact) mass is 691 g/mol. The number of oxime groups is 2. The maximum absolute atomic E-state index is 6.12. The zero-order valence-electron chi connectivity index (χ0n) is 28.7. The van der Waals surface area contributed by atoms with Gasteiger partial charge in [-0.1, -0.05) is 45.8 Å². The van der Waals surface area contributed by atoms with Gasteiger partial charge in [-0.05, 0) is 54.6 Å². The van der Waals surface area contributed by atoms with E-state index in [4.69, 9.17) is 42.6 Å². The average Bonchev–Trinajstić information content (AvgIpc) is 3.98. The van der Waals surface area contributed by atoms with Crippen LogP contribution in [-0.4, -0.2) is 70.4 Å². The fraction of sp³-hybridized carbons (Fsp3) is 0.256. The van der Waals surface area contributed by atoms with Crippen molar-refractivity contribution in [2.24, 2.45) is 10.3 Å². The first-order valence-electron chi connectivity index (χ1n) is 16.4. The molecular weight excluding hydrogens is 654 g/mol. The van der Waals surface area contributed by atoms with Gasteiger partial charge in [0.1, 0.15) is 18.9 Å². The first kappa shape index (κ1) is 33.3. The molecule has 4 aromatic carbocycles. The van der Waals surface area contributed by atoms with Crippen LogP contribution in [0.3, 0.4) is 0 Å². The Hall–Kier alpha value is -6.17. The van der Waals surface area contributed by atoms with Gasteiger partial charge >= 0.3 is 0 Å². The van der Waals surface area contributed by atoms with Gasteiger partial charge in [-0.3, -0.25) is 0 Å². The predicted molar refractivity (Wildman–Crippen MR) is 190 cm³/mol. The Balaban J connectivity index is 0.916. The maximum Gasteiger partial charge on any atom is 0.167 e. The normalized spacial score (nSPS) is 16.4. The fourth-order valence-electron chi connectivity index (χ4n) is 5.82. The Morgan fingerprint density at radius 2 is 1.02 bits per heavy atom. The highest BCUT2D eigenvalue weighted by atomic mass is 16.7. The average molecular weight is 692 g/mol. The summed E-state index contributed by atoms with van der Waals surface area (Å²) >= 11 is 0. The quantitative estimate of drug-likeness (QED) is 0.118. The minimum absolute atomic E-state index is 0.254. The molecule has 0 saturated carbocycles. The summed E-state index contributed by atoms with van der Waals surface area (Å²) in [5, 5.41) is 12.9. The Morgan fingerprint density at radius 3 is 1.57 bits per heavy atom. The molecule has 0 aliphatic carbocycles. The van der Waals surface area contributed by atoms with Gasteiger partial charge in [0, 0.05) is 41.2 Å². The van der Waals surface area contributed by atoms with E-state index in [2.05, 4.69) is 15.5 Å². The van der Waals surface area contributed by atoms with Gasteiger partial charge in [0.25, 0.3) is 0 Å². The lowest BCUT2D eigenvalue weighted by Crippen LogP contribution is -2.19. The van der Waals surface area contributed by atoms with Crippen molar-refractivity contribution in [2.45, 2.75) is 25.0 Å². The number of nitrogens with zero attached hydrogens (tertiary/aromatic N) is 3. The van der Waals surface area contributed by atoms with E-state index < -0.39 is 0 Å². The number of hydrogen-bond donors (Lipinski definition) is 0. The first-order chi connectivity index (χ1) is 25.0. The van der Waals surface area contributed by atoms with Crippen LogP contribution in [0.15, 0.2) is 106 Å². The van der Waals surface area contributed by atoms with Crippen LogP contribution in [0.2, 0.25) is 0 Å². The third-order valence-electron chi connectivity index (χ3n) is 8.56. The molecule has 1 aromatic heterocycles. The van der Waals surface area contributed by atoms with Crippen LogP contribution in [0.25, 0.3) is 22.6 Å². The summed E-state index contributed by atoms with van der Waals surface area (Å²) in [7, 11) is 6.41. The molecule has 7 rings (SSSR count). The van der Waals surface area contributed by atoms with E-state index in [-0.39, 0.29) is 25.4 Å². The van der Waals surface area contributed by atoms with E-state index in [9.17, 15) is 0 Å². The van der Waals surface area contributed by atoms with E-state index in [1.807, 2.05) is 91.0 Å². The topological polar surface area (TPSA) is 125 Å². The van der Waals surface area contributed by atoms with Gasteiger partial charge in [0.2, 0.25) is 0 Å². The second-order valence-corrected chi connectivity index (χ2v) is 11.8. The third-order valence-corrected chi connectivity index (χ3v) is 8.56. The largest absolute Gasteiger partial charge is 0.493 e. The number of aromatic nitrogens is 1. The predicted octanol–water partition coefficient (Wildman–Crippen LogP) is 7.19. The van der Waals surface area contributed by atoms with Gasteiger partial charge in [-0.25, -0.2) is 0 Å². The molecule has 0 fully saturated rings. The summed E-state index contributed by atoms with van der Waals surface area (Å²) in [5.74, 6) is 4.28. The lowest BCUT2D eigenvalue weighted by molar-refractivity contribution is 0.0463. The second-order valence-electron chi connectivity index (χ2n) is 11.8. The van der Waals surface area contributed by atoms with Crippen LogP contribution >= 0.6 is 0 Å². The first-order valence-corrected chi connectivity index (χ1v) is 16.4. The Bertz CT molecular complexity index is 2040. The van der Waals surface area contributed by atoms with Crippen LogP contribution in [0.5, 0.6) is 34.5 Å². The van der Waals surface area contributed by atoms with Crippen molar-refractivity contribution in [3.63, 3.8) is 0 Å². The standard InChI is InChI=1S/C39H37N3O9/c1-43-33-13-10-25(16-37(33)44-2)30-19-28(49-40-30)22-47-34-14-11-26(17-38(34)45-3)31-20-29(50-41-31)23-48-35-15-12-27(18-39(35)46-4)32-21-36(51-42-32)24-8-6-5-7-9-24/h5-18,21,28-29H,19-20,22-23H2,1-4H3. The highest BCUT2D eigenvalue weighted by Gasteiger charge is 2.27. The molecule has 2 atom stereocenters. The van der Waals surface area contributed by atoms with Crippen molar-refractivity contribution in [2.75, 3.05) is 41.7 Å². The van der Waals surface area contributed by atoms with Crippen molar-refractivity contribution in [1.29, 1.82) is 0 Å². The highest BCUT2D eigenvalue weighted by Crippen LogP contribution is 2.35. The molecule has 3 heterocycles. The van der Waals surface area contributed by atoms with Crippen LogP contribution in [0, 0.1) is 0 Å². The molecule has 2 aliphatic rings. The number of benzene rings is 4. The van der Waals surface area contributed by atoms with Crippen LogP contribution in [0.1, 0.15) is 24.0 Å². The summed E-state index contributed by atoms with van der Waals surface area (Å²) in [6.45, 7) is 0.565. The SMILES string of the molecule is COc1ccc(C2=NOC(COc3ccc(C4=NOC(COc5ccc(-c6cc(-c7ccccc7)on6)cc5OC)C4)cc3OC)C2)cc1OC. The van der Waals surface area contributed by atoms with E-state index in [0.29, 0.717) is 58.8 Å². The van der Waals surface area contributed by atoms with Gasteiger partial charge < -0.3 is 42.6 Å². The van der Waals surface area contributed by atoms with Crippen LogP contribution < -0.4 is 28.4 Å². The molecule has 0 amide bonds. The zero-order valence-corrected chi connectivity index (χ0v) is 28.7. The summed E-state index contributed by atoms with van der Waals surface area (Å²) in [6, 6.07) is 28.7. The molecule has 12 nitrogen and oxygen atoms in total. The minimum atomic E-state index is -0.283. The highest BCUT2D eigenvalue weighted by molar-refractivity contribution is 6.02. The molecule has 0 radical (unpaired) electrons. The van der Waals surface area contributed by atoms with Gasteiger partial charge in [-0.15, -0.1) is 0 Å². The molecule has 0 bridgehead atoms. The van der Waals surface area contributed by atoms with Crippen molar-refractivity contribution >= 4 is 11.4 Å². The third kappa shape index (κ3) is 7.40. The molecule has 5 aromatic rings. The van der Waals surface area contributed by atoms with Crippen LogP contribution in [0.4, 0.5) is 0 Å². The number of rotatable bonds is 14. The van der Waals surface area contributed by atoms with E-state index in [1.54, 1.807) is 28.4 Å². The summed E-state index contributed by atoms with van der Waals surface area (Å²) in [5.41, 5.74) is 5.85. The van der Waals surface area contributed by atoms with Gasteiger partial charge in [0.05, 0.1) is 39.9 Å². The van der Waals surface area contributed by atoms with E-state index in [1.165, 1.54) is 0 Å². The van der Waals surface area contributed by atoms with Crippen molar-refractivity contribution < 1.29 is 42.6 Å².